The lowest BCUT2D eigenvalue weighted by Gasteiger charge is -2.10. The van der Waals surface area contributed by atoms with Gasteiger partial charge in [0, 0.05) is 11.8 Å². The van der Waals surface area contributed by atoms with Gasteiger partial charge < -0.3 is 5.41 Å². The van der Waals surface area contributed by atoms with Gasteiger partial charge >= 0.3 is 0 Å². The zero-order valence-electron chi connectivity index (χ0n) is 9.34. The monoisotopic (exact) mass is 223 g/mol. The number of carbonyl (C=O) groups is 1. The van der Waals surface area contributed by atoms with Crippen molar-refractivity contribution in [2.24, 2.45) is 0 Å². The molecule has 0 bridgehead atoms. The molecule has 0 amide bonds. The molecule has 0 unspecified atom stereocenters. The number of carbonyl (C=O) groups excluding carboxylic acids is 1. The second kappa shape index (κ2) is 5.21. The van der Waals surface area contributed by atoms with Crippen LogP contribution in [0.25, 0.3) is 0 Å². The Morgan fingerprint density at radius 3 is 2.00 bits per heavy atom. The highest BCUT2D eigenvalue weighted by Crippen LogP contribution is 2.18. The molecule has 0 saturated carbocycles. The SMILES string of the molecule is N=C[C@@H](C(=O)c1ccccc1)c1ccccc1. The Morgan fingerprint density at radius 1 is 0.941 bits per heavy atom. The molecular weight excluding hydrogens is 210 g/mol. The Kier molecular flexibility index (Phi) is 3.46. The minimum Gasteiger partial charge on any atom is -0.312 e. The summed E-state index contributed by atoms with van der Waals surface area (Å²) in [5.41, 5.74) is 1.50. The van der Waals surface area contributed by atoms with Crippen molar-refractivity contribution in [3.05, 3.63) is 71.8 Å². The third-order valence-electron chi connectivity index (χ3n) is 2.67. The molecule has 2 aromatic carbocycles. The van der Waals surface area contributed by atoms with Gasteiger partial charge in [0.1, 0.15) is 0 Å². The van der Waals surface area contributed by atoms with Crippen LogP contribution in [0.3, 0.4) is 0 Å². The summed E-state index contributed by atoms with van der Waals surface area (Å²) in [6, 6.07) is 18.5. The maximum atomic E-state index is 12.2. The van der Waals surface area contributed by atoms with Gasteiger partial charge in [-0.1, -0.05) is 60.7 Å². The Balaban J connectivity index is 2.32. The van der Waals surface area contributed by atoms with Crippen molar-refractivity contribution < 1.29 is 4.79 Å². The van der Waals surface area contributed by atoms with Crippen molar-refractivity contribution in [3.8, 4) is 0 Å². The van der Waals surface area contributed by atoms with Crippen LogP contribution in [0.15, 0.2) is 60.7 Å². The van der Waals surface area contributed by atoms with Crippen LogP contribution in [0.4, 0.5) is 0 Å². The normalized spacial score (nSPS) is 11.8. The average Bonchev–Trinajstić information content (AvgIpc) is 2.42. The van der Waals surface area contributed by atoms with E-state index in [2.05, 4.69) is 0 Å². The lowest BCUT2D eigenvalue weighted by Crippen LogP contribution is -2.13. The van der Waals surface area contributed by atoms with Crippen LogP contribution >= 0.6 is 0 Å². The van der Waals surface area contributed by atoms with Crippen LogP contribution in [0.1, 0.15) is 21.8 Å². The molecule has 0 fully saturated rings. The maximum Gasteiger partial charge on any atom is 0.175 e. The van der Waals surface area contributed by atoms with Gasteiger partial charge in [0.15, 0.2) is 5.78 Å². The highest BCUT2D eigenvalue weighted by Gasteiger charge is 2.18. The van der Waals surface area contributed by atoms with E-state index in [-0.39, 0.29) is 5.78 Å². The first-order chi connectivity index (χ1) is 8.33. The molecule has 0 aliphatic heterocycles. The van der Waals surface area contributed by atoms with E-state index in [1.54, 1.807) is 12.1 Å². The lowest BCUT2D eigenvalue weighted by atomic mass is 9.92. The molecule has 1 N–H and O–H groups in total. The third-order valence-corrected chi connectivity index (χ3v) is 2.67. The quantitative estimate of drug-likeness (QED) is 0.627. The molecule has 84 valence electrons. The van der Waals surface area contributed by atoms with Gasteiger partial charge in [-0.15, -0.1) is 0 Å². The predicted molar refractivity (Wildman–Crippen MR) is 68.7 cm³/mol. The molecule has 0 heterocycles. The van der Waals surface area contributed by atoms with E-state index in [0.717, 1.165) is 5.56 Å². The van der Waals surface area contributed by atoms with Gasteiger partial charge in [0.25, 0.3) is 0 Å². The summed E-state index contributed by atoms with van der Waals surface area (Å²) in [6.07, 6.45) is 1.20. The molecule has 2 aromatic rings. The van der Waals surface area contributed by atoms with Crippen LogP contribution < -0.4 is 0 Å². The van der Waals surface area contributed by atoms with Crippen molar-refractivity contribution in [2.75, 3.05) is 0 Å². The predicted octanol–water partition coefficient (Wildman–Crippen LogP) is 3.30. The minimum absolute atomic E-state index is 0.0354. The van der Waals surface area contributed by atoms with Gasteiger partial charge in [-0.2, -0.15) is 0 Å². The van der Waals surface area contributed by atoms with E-state index in [4.69, 9.17) is 5.41 Å². The third kappa shape index (κ3) is 2.48. The summed E-state index contributed by atoms with van der Waals surface area (Å²) in [6.45, 7) is 0. The molecule has 2 nitrogen and oxygen atoms in total. The van der Waals surface area contributed by atoms with Crippen LogP contribution in [0.5, 0.6) is 0 Å². The first-order valence-electron chi connectivity index (χ1n) is 5.47. The van der Waals surface area contributed by atoms with Crippen molar-refractivity contribution in [1.82, 2.24) is 0 Å². The summed E-state index contributed by atoms with van der Waals surface area (Å²) in [7, 11) is 0. The van der Waals surface area contributed by atoms with Crippen LogP contribution in [-0.4, -0.2) is 12.0 Å². The van der Waals surface area contributed by atoms with E-state index in [9.17, 15) is 4.79 Å². The molecule has 0 aliphatic carbocycles. The number of hydrogen-bond donors (Lipinski definition) is 1. The van der Waals surface area contributed by atoms with Gasteiger partial charge in [0.2, 0.25) is 0 Å². The van der Waals surface area contributed by atoms with E-state index in [0.29, 0.717) is 5.56 Å². The lowest BCUT2D eigenvalue weighted by molar-refractivity contribution is 0.0984. The fourth-order valence-electron chi connectivity index (χ4n) is 1.77. The van der Waals surface area contributed by atoms with E-state index in [1.165, 1.54) is 6.21 Å². The topological polar surface area (TPSA) is 40.9 Å². The Morgan fingerprint density at radius 2 is 1.47 bits per heavy atom. The molecule has 0 radical (unpaired) electrons. The fraction of sp³-hybridized carbons (Fsp3) is 0.0667. The van der Waals surface area contributed by atoms with Gasteiger partial charge in [-0.3, -0.25) is 4.79 Å². The smallest absolute Gasteiger partial charge is 0.175 e. The number of ketones is 1. The van der Waals surface area contributed by atoms with Gasteiger partial charge in [-0.05, 0) is 5.56 Å². The molecule has 1 atom stereocenters. The summed E-state index contributed by atoms with van der Waals surface area (Å²) in [5, 5.41) is 7.43. The number of Topliss-reactive ketones (excluding diaryl/α,β-unsaturated/α-hetero) is 1. The van der Waals surface area contributed by atoms with E-state index in [1.807, 2.05) is 48.5 Å². The van der Waals surface area contributed by atoms with E-state index >= 15 is 0 Å². The minimum atomic E-state index is -0.487. The summed E-state index contributed by atoms with van der Waals surface area (Å²) in [4.78, 5) is 12.2. The average molecular weight is 223 g/mol. The Bertz CT molecular complexity index is 505. The van der Waals surface area contributed by atoms with Gasteiger partial charge in [-0.25, -0.2) is 0 Å². The van der Waals surface area contributed by atoms with E-state index < -0.39 is 5.92 Å². The maximum absolute atomic E-state index is 12.2. The Hall–Kier alpha value is -2.22. The molecule has 17 heavy (non-hydrogen) atoms. The highest BCUT2D eigenvalue weighted by molar-refractivity contribution is 6.09. The zero-order valence-corrected chi connectivity index (χ0v) is 9.34. The van der Waals surface area contributed by atoms with Gasteiger partial charge in [0.05, 0.1) is 5.92 Å². The second-order valence-corrected chi connectivity index (χ2v) is 3.79. The molecule has 0 saturated heterocycles. The van der Waals surface area contributed by atoms with Crippen LogP contribution in [0.2, 0.25) is 0 Å². The summed E-state index contributed by atoms with van der Waals surface area (Å²) in [5.74, 6) is -0.523. The molecule has 0 spiro atoms. The number of hydrogen-bond acceptors (Lipinski definition) is 2. The summed E-state index contributed by atoms with van der Waals surface area (Å²) >= 11 is 0. The molecular formula is C15H13NO. The first-order valence-corrected chi connectivity index (χ1v) is 5.47. The Labute approximate surface area is 100 Å². The van der Waals surface area contributed by atoms with Crippen molar-refractivity contribution in [3.63, 3.8) is 0 Å². The van der Waals surface area contributed by atoms with Crippen molar-refractivity contribution in [1.29, 1.82) is 5.41 Å². The van der Waals surface area contributed by atoms with Crippen molar-refractivity contribution in [2.45, 2.75) is 5.92 Å². The van der Waals surface area contributed by atoms with Crippen LogP contribution in [0, 0.1) is 5.41 Å². The standard InChI is InChI=1S/C15H13NO/c16-11-14(12-7-3-1-4-8-12)15(17)13-9-5-2-6-10-13/h1-11,14,16H/t14-/m1/s1. The fourth-order valence-corrected chi connectivity index (χ4v) is 1.77. The van der Waals surface area contributed by atoms with Crippen molar-refractivity contribution >= 4 is 12.0 Å². The largest absolute Gasteiger partial charge is 0.312 e. The number of nitrogens with one attached hydrogen (secondary N) is 1. The number of rotatable bonds is 4. The second-order valence-electron chi connectivity index (χ2n) is 3.79. The van der Waals surface area contributed by atoms with Crippen LogP contribution in [-0.2, 0) is 0 Å². The summed E-state index contributed by atoms with van der Waals surface area (Å²) < 4.78 is 0. The molecule has 0 aromatic heterocycles. The zero-order chi connectivity index (χ0) is 12.1. The molecule has 2 heteroatoms. The number of benzene rings is 2. The highest BCUT2D eigenvalue weighted by atomic mass is 16.1. The first kappa shape index (κ1) is 11.3. The molecule has 2 rings (SSSR count). The molecule has 0 aliphatic rings.